The molecule has 0 aliphatic carbocycles. The van der Waals surface area contributed by atoms with Crippen LogP contribution in [0.1, 0.15) is 12.6 Å². The van der Waals surface area contributed by atoms with Crippen LogP contribution in [0.4, 0.5) is 5.13 Å². The van der Waals surface area contributed by atoms with E-state index < -0.39 is 46.7 Å². The number of carbonyl (C=O) groups excluding carboxylic acids is 3. The van der Waals surface area contributed by atoms with Crippen LogP contribution in [-0.4, -0.2) is 71.5 Å². The third-order valence-corrected chi connectivity index (χ3v) is 4.96. The SMILES string of the molecule is CO/N=C(\C(=O)NC1C(=O)N(S(=O)(=O)O)C1CONC(C)=O)c1csc(N)n1. The lowest BCUT2D eigenvalue weighted by Gasteiger charge is -2.43. The molecule has 1 aromatic heterocycles. The monoisotopic (exact) mass is 436 g/mol. The number of β-lactam (4-membered cyclic amide) rings is 1. The first-order valence-electron chi connectivity index (χ1n) is 7.38. The molecule has 1 aromatic rings. The first-order chi connectivity index (χ1) is 13.1. The van der Waals surface area contributed by atoms with Gasteiger partial charge in [-0.1, -0.05) is 5.16 Å². The van der Waals surface area contributed by atoms with Gasteiger partial charge in [0.2, 0.25) is 5.91 Å². The van der Waals surface area contributed by atoms with E-state index in [-0.39, 0.29) is 20.8 Å². The predicted molar refractivity (Wildman–Crippen MR) is 94.0 cm³/mol. The maximum absolute atomic E-state index is 12.5. The summed E-state index contributed by atoms with van der Waals surface area (Å²) >= 11 is 1.04. The Balaban J connectivity index is 2.18. The summed E-state index contributed by atoms with van der Waals surface area (Å²) in [5.41, 5.74) is 7.22. The Morgan fingerprint density at radius 1 is 1.50 bits per heavy atom. The molecule has 0 spiro atoms. The van der Waals surface area contributed by atoms with Crippen LogP contribution in [0, 0.1) is 0 Å². The molecule has 1 aliphatic heterocycles. The Morgan fingerprint density at radius 3 is 2.68 bits per heavy atom. The molecule has 14 nitrogen and oxygen atoms in total. The van der Waals surface area contributed by atoms with E-state index in [4.69, 9.17) is 15.1 Å². The molecular weight excluding hydrogens is 420 g/mol. The lowest BCUT2D eigenvalue weighted by Crippen LogP contribution is -2.73. The van der Waals surface area contributed by atoms with Crippen molar-refractivity contribution in [2.75, 3.05) is 19.5 Å². The van der Waals surface area contributed by atoms with Crippen molar-refractivity contribution in [1.29, 1.82) is 0 Å². The van der Waals surface area contributed by atoms with Crippen molar-refractivity contribution in [2.24, 2.45) is 5.16 Å². The topological polar surface area (TPSA) is 203 Å². The van der Waals surface area contributed by atoms with E-state index in [0.29, 0.717) is 0 Å². The molecule has 154 valence electrons. The Morgan fingerprint density at radius 2 is 2.18 bits per heavy atom. The molecule has 1 saturated heterocycles. The van der Waals surface area contributed by atoms with Crippen molar-refractivity contribution in [3.63, 3.8) is 0 Å². The normalized spacial score (nSPS) is 19.8. The summed E-state index contributed by atoms with van der Waals surface area (Å²) in [7, 11) is -3.72. The van der Waals surface area contributed by atoms with E-state index in [2.05, 4.69) is 20.3 Å². The number of anilines is 1. The second kappa shape index (κ2) is 8.46. The molecule has 2 atom stereocenters. The van der Waals surface area contributed by atoms with Gasteiger partial charge in [-0.05, 0) is 0 Å². The summed E-state index contributed by atoms with van der Waals surface area (Å²) in [5, 5.41) is 7.38. The van der Waals surface area contributed by atoms with E-state index in [1.807, 2.05) is 5.48 Å². The van der Waals surface area contributed by atoms with Gasteiger partial charge in [0.1, 0.15) is 24.9 Å². The van der Waals surface area contributed by atoms with Crippen molar-refractivity contribution < 1.29 is 37.0 Å². The fourth-order valence-electron chi connectivity index (χ4n) is 2.26. The smallest absolute Gasteiger partial charge is 0.362 e. The average Bonchev–Trinajstić information content (AvgIpc) is 3.01. The van der Waals surface area contributed by atoms with Gasteiger partial charge in [-0.15, -0.1) is 11.3 Å². The number of hydrogen-bond acceptors (Lipinski definition) is 11. The molecule has 0 aromatic carbocycles. The standard InChI is InChI=1S/C12H16N6O8S2/c1-5(19)16-26-3-7-9(11(21)18(7)28(22,23)24)15-10(20)8(17-25-2)6-4-27-12(13)14-6/h4,7,9H,3H2,1-2H3,(H2,13,14)(H,15,20)(H,16,19)(H,22,23,24)/b17-8-. The second-order valence-electron chi connectivity index (χ2n) is 5.29. The molecule has 28 heavy (non-hydrogen) atoms. The molecule has 1 fully saturated rings. The summed E-state index contributed by atoms with van der Waals surface area (Å²) < 4.78 is 32.0. The van der Waals surface area contributed by atoms with Crippen molar-refractivity contribution >= 4 is 50.2 Å². The Hall–Kier alpha value is -2.82. The van der Waals surface area contributed by atoms with Crippen LogP contribution in [0.5, 0.6) is 0 Å². The minimum Gasteiger partial charge on any atom is -0.398 e. The van der Waals surface area contributed by atoms with E-state index >= 15 is 0 Å². The molecule has 0 saturated carbocycles. The summed E-state index contributed by atoms with van der Waals surface area (Å²) in [6.45, 7) is 0.606. The number of nitrogens with one attached hydrogen (secondary N) is 2. The van der Waals surface area contributed by atoms with E-state index in [1.165, 1.54) is 12.5 Å². The number of nitrogen functional groups attached to an aromatic ring is 1. The van der Waals surface area contributed by atoms with Crippen molar-refractivity contribution in [3.05, 3.63) is 11.1 Å². The number of oxime groups is 1. The van der Waals surface area contributed by atoms with Crippen LogP contribution in [0.15, 0.2) is 10.5 Å². The van der Waals surface area contributed by atoms with E-state index in [1.54, 1.807) is 0 Å². The minimum atomic E-state index is -4.91. The summed E-state index contributed by atoms with van der Waals surface area (Å²) in [5.74, 6) is -2.60. The number of rotatable bonds is 8. The average molecular weight is 436 g/mol. The maximum Gasteiger partial charge on any atom is 0.362 e. The largest absolute Gasteiger partial charge is 0.398 e. The van der Waals surface area contributed by atoms with Crippen molar-refractivity contribution in [1.82, 2.24) is 20.1 Å². The Labute approximate surface area is 162 Å². The van der Waals surface area contributed by atoms with Gasteiger partial charge in [-0.25, -0.2) is 14.8 Å². The second-order valence-corrected chi connectivity index (χ2v) is 7.47. The molecule has 2 rings (SSSR count). The summed E-state index contributed by atoms with van der Waals surface area (Å²) in [4.78, 5) is 48.7. The Kier molecular flexibility index (Phi) is 6.49. The lowest BCUT2D eigenvalue weighted by atomic mass is 9.99. The van der Waals surface area contributed by atoms with E-state index in [9.17, 15) is 22.8 Å². The fourth-order valence-corrected chi connectivity index (χ4v) is 3.67. The highest BCUT2D eigenvalue weighted by Gasteiger charge is 2.54. The van der Waals surface area contributed by atoms with Crippen LogP contribution in [0.3, 0.4) is 0 Å². The van der Waals surface area contributed by atoms with Crippen LogP contribution >= 0.6 is 11.3 Å². The number of thiazole rings is 1. The zero-order valence-electron chi connectivity index (χ0n) is 14.5. The molecular formula is C12H16N6O8S2. The quantitative estimate of drug-likeness (QED) is 0.148. The number of hydroxylamine groups is 1. The molecule has 0 radical (unpaired) electrons. The van der Waals surface area contributed by atoms with Crippen LogP contribution in [0.2, 0.25) is 0 Å². The third-order valence-electron chi connectivity index (χ3n) is 3.34. The molecule has 5 N–H and O–H groups in total. The van der Waals surface area contributed by atoms with Gasteiger partial charge in [0, 0.05) is 12.3 Å². The zero-order chi connectivity index (χ0) is 21.1. The minimum absolute atomic E-state index is 0.0753. The van der Waals surface area contributed by atoms with Crippen molar-refractivity contribution in [3.8, 4) is 0 Å². The number of aromatic nitrogens is 1. The van der Waals surface area contributed by atoms with Gasteiger partial charge >= 0.3 is 10.3 Å². The number of nitrogens with two attached hydrogens (primary N) is 1. The molecule has 2 unspecified atom stereocenters. The lowest BCUT2D eigenvalue weighted by molar-refractivity contribution is -0.151. The molecule has 0 bridgehead atoms. The molecule has 16 heteroatoms. The van der Waals surface area contributed by atoms with Gasteiger partial charge < -0.3 is 15.9 Å². The van der Waals surface area contributed by atoms with E-state index in [0.717, 1.165) is 18.3 Å². The maximum atomic E-state index is 12.5. The summed E-state index contributed by atoms with van der Waals surface area (Å²) in [6, 6.07) is -2.70. The molecule has 1 aliphatic rings. The highest BCUT2D eigenvalue weighted by Crippen LogP contribution is 2.24. The summed E-state index contributed by atoms with van der Waals surface area (Å²) in [6.07, 6.45) is 0. The number of amides is 3. The first kappa shape index (κ1) is 21.5. The number of hydrogen-bond donors (Lipinski definition) is 4. The van der Waals surface area contributed by atoms with Gasteiger partial charge in [0.05, 0.1) is 6.61 Å². The highest BCUT2D eigenvalue weighted by molar-refractivity contribution is 7.84. The van der Waals surface area contributed by atoms with Gasteiger partial charge in [-0.2, -0.15) is 8.42 Å². The van der Waals surface area contributed by atoms with Gasteiger partial charge in [-0.3, -0.25) is 23.8 Å². The molecule has 3 amide bonds. The predicted octanol–water partition coefficient (Wildman–Crippen LogP) is -2.36. The van der Waals surface area contributed by atoms with Crippen molar-refractivity contribution in [2.45, 2.75) is 19.0 Å². The molecule has 2 heterocycles. The third kappa shape index (κ3) is 4.71. The highest BCUT2D eigenvalue weighted by atomic mass is 32.2. The number of carbonyl (C=O) groups is 3. The van der Waals surface area contributed by atoms with Crippen LogP contribution < -0.4 is 16.5 Å². The zero-order valence-corrected chi connectivity index (χ0v) is 16.1. The van der Waals surface area contributed by atoms with Gasteiger partial charge in [0.25, 0.3) is 11.8 Å². The number of nitrogens with zero attached hydrogens (tertiary/aromatic N) is 3. The van der Waals surface area contributed by atoms with Crippen LogP contribution in [0.25, 0.3) is 0 Å². The Bertz CT molecular complexity index is 913. The van der Waals surface area contributed by atoms with Crippen LogP contribution in [-0.2, 0) is 34.4 Å². The van der Waals surface area contributed by atoms with Gasteiger partial charge in [0.15, 0.2) is 10.8 Å². The first-order valence-corrected chi connectivity index (χ1v) is 9.66. The fraction of sp³-hybridized carbons (Fsp3) is 0.417.